The van der Waals surface area contributed by atoms with Gasteiger partial charge in [0.25, 0.3) is 0 Å². The molecule has 1 fully saturated rings. The van der Waals surface area contributed by atoms with Crippen LogP contribution in [-0.2, 0) is 17.9 Å². The van der Waals surface area contributed by atoms with Crippen molar-refractivity contribution in [1.29, 1.82) is 0 Å². The highest BCUT2D eigenvalue weighted by Crippen LogP contribution is 2.51. The first-order valence-electron chi connectivity index (χ1n) is 7.60. The molecule has 0 radical (unpaired) electrons. The largest absolute Gasteiger partial charge is 0.348 e. The average Bonchev–Trinajstić information content (AvgIpc) is 3.13. The SMILES string of the molecule is Cc1c(C2(CN)CC2)c2cc(C(C)(C)C)ccc2n1C. The van der Waals surface area contributed by atoms with Crippen molar-refractivity contribution in [2.24, 2.45) is 12.8 Å². The van der Waals surface area contributed by atoms with Crippen molar-refractivity contribution in [3.8, 4) is 0 Å². The molecule has 3 rings (SSSR count). The molecule has 108 valence electrons. The topological polar surface area (TPSA) is 30.9 Å². The van der Waals surface area contributed by atoms with Crippen LogP contribution in [0.3, 0.4) is 0 Å². The van der Waals surface area contributed by atoms with Crippen LogP contribution in [0.5, 0.6) is 0 Å². The lowest BCUT2D eigenvalue weighted by Crippen LogP contribution is -2.20. The smallest absolute Gasteiger partial charge is 0.0483 e. The summed E-state index contributed by atoms with van der Waals surface area (Å²) in [5, 5.41) is 1.42. The minimum absolute atomic E-state index is 0.189. The van der Waals surface area contributed by atoms with Crippen molar-refractivity contribution < 1.29 is 0 Å². The quantitative estimate of drug-likeness (QED) is 0.884. The minimum Gasteiger partial charge on any atom is -0.348 e. The number of rotatable bonds is 2. The zero-order chi connectivity index (χ0) is 14.7. The number of nitrogens with two attached hydrogens (primary N) is 1. The maximum absolute atomic E-state index is 6.08. The summed E-state index contributed by atoms with van der Waals surface area (Å²) in [6.45, 7) is 9.84. The van der Waals surface area contributed by atoms with Crippen LogP contribution in [0.2, 0.25) is 0 Å². The van der Waals surface area contributed by atoms with Gasteiger partial charge in [0.2, 0.25) is 0 Å². The Hall–Kier alpha value is -1.28. The van der Waals surface area contributed by atoms with Crippen molar-refractivity contribution >= 4 is 10.9 Å². The van der Waals surface area contributed by atoms with E-state index in [-0.39, 0.29) is 10.8 Å². The van der Waals surface area contributed by atoms with Gasteiger partial charge in [-0.3, -0.25) is 0 Å². The van der Waals surface area contributed by atoms with Gasteiger partial charge in [-0.15, -0.1) is 0 Å². The second-order valence-electron chi connectivity index (χ2n) is 7.49. The Balaban J connectivity index is 2.31. The lowest BCUT2D eigenvalue weighted by atomic mass is 9.85. The maximum Gasteiger partial charge on any atom is 0.0483 e. The summed E-state index contributed by atoms with van der Waals surface area (Å²) in [5.74, 6) is 0. The van der Waals surface area contributed by atoms with Crippen molar-refractivity contribution in [3.63, 3.8) is 0 Å². The molecule has 2 aromatic rings. The zero-order valence-electron chi connectivity index (χ0n) is 13.4. The average molecular weight is 270 g/mol. The molecular weight excluding hydrogens is 244 g/mol. The van der Waals surface area contributed by atoms with Crippen LogP contribution in [-0.4, -0.2) is 11.1 Å². The van der Waals surface area contributed by atoms with E-state index in [0.29, 0.717) is 0 Å². The fraction of sp³-hybridized carbons (Fsp3) is 0.556. The third-order valence-electron chi connectivity index (χ3n) is 5.13. The van der Waals surface area contributed by atoms with Gasteiger partial charge in [0.1, 0.15) is 0 Å². The number of hydrogen-bond donors (Lipinski definition) is 1. The first kappa shape index (κ1) is 13.7. The van der Waals surface area contributed by atoms with E-state index in [0.717, 1.165) is 6.54 Å². The predicted molar refractivity (Wildman–Crippen MR) is 86.3 cm³/mol. The second-order valence-corrected chi connectivity index (χ2v) is 7.49. The molecule has 1 aromatic heterocycles. The number of aryl methyl sites for hydroxylation is 1. The number of aromatic nitrogens is 1. The molecule has 2 nitrogen and oxygen atoms in total. The molecule has 2 heteroatoms. The van der Waals surface area contributed by atoms with Crippen LogP contribution in [0.25, 0.3) is 10.9 Å². The predicted octanol–water partition coefficient (Wildman–Crippen LogP) is 3.77. The zero-order valence-corrected chi connectivity index (χ0v) is 13.4. The van der Waals surface area contributed by atoms with E-state index in [1.807, 2.05) is 0 Å². The van der Waals surface area contributed by atoms with Crippen molar-refractivity contribution in [2.45, 2.75) is 51.4 Å². The Kier molecular flexibility index (Phi) is 2.81. The number of fused-ring (bicyclic) bond motifs is 1. The number of nitrogens with zero attached hydrogens (tertiary/aromatic N) is 1. The molecular formula is C18H26N2. The van der Waals surface area contributed by atoms with Crippen LogP contribution in [0.1, 0.15) is 50.4 Å². The van der Waals surface area contributed by atoms with Crippen LogP contribution in [0, 0.1) is 6.92 Å². The first-order chi connectivity index (χ1) is 9.30. The van der Waals surface area contributed by atoms with Crippen LogP contribution >= 0.6 is 0 Å². The monoisotopic (exact) mass is 270 g/mol. The van der Waals surface area contributed by atoms with Gasteiger partial charge in [-0.2, -0.15) is 0 Å². The summed E-state index contributed by atoms with van der Waals surface area (Å²) in [7, 11) is 2.17. The third kappa shape index (κ3) is 1.81. The lowest BCUT2D eigenvalue weighted by Gasteiger charge is -2.20. The van der Waals surface area contributed by atoms with Gasteiger partial charge in [-0.05, 0) is 48.4 Å². The Morgan fingerprint density at radius 3 is 2.40 bits per heavy atom. The highest BCUT2D eigenvalue weighted by Gasteiger charge is 2.46. The molecule has 2 N–H and O–H groups in total. The second kappa shape index (κ2) is 4.11. The summed E-state index contributed by atoms with van der Waals surface area (Å²) in [4.78, 5) is 0. The van der Waals surface area contributed by atoms with Gasteiger partial charge < -0.3 is 10.3 Å². The summed E-state index contributed by atoms with van der Waals surface area (Å²) in [6.07, 6.45) is 2.48. The molecule has 0 bridgehead atoms. The molecule has 0 amide bonds. The van der Waals surface area contributed by atoms with E-state index in [9.17, 15) is 0 Å². The number of hydrogen-bond acceptors (Lipinski definition) is 1. The van der Waals surface area contributed by atoms with Crippen LogP contribution in [0.4, 0.5) is 0 Å². The molecule has 20 heavy (non-hydrogen) atoms. The van der Waals surface area contributed by atoms with Crippen LogP contribution < -0.4 is 5.73 Å². The summed E-state index contributed by atoms with van der Waals surface area (Å²) in [5.41, 5.74) is 12.2. The molecule has 1 heterocycles. The van der Waals surface area contributed by atoms with E-state index in [2.05, 4.69) is 57.5 Å². The van der Waals surface area contributed by atoms with Gasteiger partial charge in [0.15, 0.2) is 0 Å². The van der Waals surface area contributed by atoms with Gasteiger partial charge in [0, 0.05) is 35.6 Å². The van der Waals surface area contributed by atoms with Gasteiger partial charge >= 0.3 is 0 Å². The maximum atomic E-state index is 6.08. The Bertz CT molecular complexity index is 667. The van der Waals surface area contributed by atoms with Gasteiger partial charge in [-0.1, -0.05) is 26.8 Å². The standard InChI is InChI=1S/C18H26N2/c1-12-16(18(11-19)8-9-18)14-10-13(17(2,3)4)6-7-15(14)20(12)5/h6-7,10H,8-9,11,19H2,1-5H3. The van der Waals surface area contributed by atoms with Crippen molar-refractivity contribution in [2.75, 3.05) is 6.54 Å². The molecule has 1 aromatic carbocycles. The fourth-order valence-electron chi connectivity index (χ4n) is 3.42. The summed E-state index contributed by atoms with van der Waals surface area (Å²) >= 11 is 0. The van der Waals surface area contributed by atoms with E-state index in [1.54, 1.807) is 0 Å². The Morgan fingerprint density at radius 1 is 1.25 bits per heavy atom. The molecule has 0 atom stereocenters. The molecule has 1 aliphatic carbocycles. The minimum atomic E-state index is 0.189. The molecule has 0 saturated heterocycles. The fourth-order valence-corrected chi connectivity index (χ4v) is 3.42. The van der Waals surface area contributed by atoms with Gasteiger partial charge in [-0.25, -0.2) is 0 Å². The number of benzene rings is 1. The van der Waals surface area contributed by atoms with E-state index in [1.165, 1.54) is 40.6 Å². The molecule has 1 aliphatic rings. The molecule has 0 aliphatic heterocycles. The van der Waals surface area contributed by atoms with E-state index in [4.69, 9.17) is 5.73 Å². The van der Waals surface area contributed by atoms with E-state index < -0.39 is 0 Å². The summed E-state index contributed by atoms with van der Waals surface area (Å²) < 4.78 is 2.33. The molecule has 0 unspecified atom stereocenters. The first-order valence-corrected chi connectivity index (χ1v) is 7.60. The highest BCUT2D eigenvalue weighted by molar-refractivity contribution is 5.88. The van der Waals surface area contributed by atoms with Crippen molar-refractivity contribution in [1.82, 2.24) is 4.57 Å². The van der Waals surface area contributed by atoms with E-state index >= 15 is 0 Å². The van der Waals surface area contributed by atoms with Gasteiger partial charge in [0.05, 0.1) is 0 Å². The molecule has 1 saturated carbocycles. The molecule has 0 spiro atoms. The Morgan fingerprint density at radius 2 is 1.90 bits per heavy atom. The lowest BCUT2D eigenvalue weighted by molar-refractivity contribution is 0.591. The summed E-state index contributed by atoms with van der Waals surface area (Å²) in [6, 6.07) is 6.94. The normalized spacial score (nSPS) is 17.7. The van der Waals surface area contributed by atoms with Crippen LogP contribution in [0.15, 0.2) is 18.2 Å². The highest BCUT2D eigenvalue weighted by atomic mass is 15.0. The Labute approximate surface area is 122 Å². The van der Waals surface area contributed by atoms with Crippen molar-refractivity contribution in [3.05, 3.63) is 35.0 Å². The third-order valence-corrected chi connectivity index (χ3v) is 5.13.